The maximum Gasteiger partial charge on any atom is 0.319 e. The molecule has 1 fully saturated rings. The Bertz CT molecular complexity index is 419. The van der Waals surface area contributed by atoms with E-state index >= 15 is 0 Å². The Hall–Kier alpha value is -1.26. The van der Waals surface area contributed by atoms with Gasteiger partial charge in [0.05, 0.1) is 10.7 Å². The molecule has 1 aliphatic heterocycles. The molecule has 0 saturated carbocycles. The molecule has 3 N–H and O–H groups in total. The van der Waals surface area contributed by atoms with Crippen LogP contribution in [0.1, 0.15) is 19.3 Å². The maximum absolute atomic E-state index is 11.7. The molecular formula is C14H20ClN3O. The number of nitrogens with one attached hydrogen (secondary N) is 3. The van der Waals surface area contributed by atoms with Gasteiger partial charge in [-0.3, -0.25) is 0 Å². The summed E-state index contributed by atoms with van der Waals surface area (Å²) in [5, 5.41) is 9.54. The Morgan fingerprint density at radius 2 is 2.26 bits per heavy atom. The van der Waals surface area contributed by atoms with Crippen LogP contribution in [0, 0.1) is 5.92 Å². The molecule has 1 unspecified atom stereocenters. The summed E-state index contributed by atoms with van der Waals surface area (Å²) in [6.45, 7) is 2.88. The second-order valence-electron chi connectivity index (χ2n) is 4.86. The number of carbonyl (C=O) groups excluding carboxylic acids is 1. The SMILES string of the molecule is O=C(NCCC1CCCNC1)Nc1ccccc1Cl. The second kappa shape index (κ2) is 7.36. The van der Waals surface area contributed by atoms with Gasteiger partial charge in [0.25, 0.3) is 0 Å². The van der Waals surface area contributed by atoms with Crippen molar-refractivity contribution in [2.75, 3.05) is 25.0 Å². The summed E-state index contributed by atoms with van der Waals surface area (Å²) in [7, 11) is 0. The fourth-order valence-corrected chi connectivity index (χ4v) is 2.47. The van der Waals surface area contributed by atoms with E-state index in [1.54, 1.807) is 12.1 Å². The number of rotatable bonds is 4. The smallest absolute Gasteiger partial charge is 0.319 e. The van der Waals surface area contributed by atoms with Crippen LogP contribution in [0.3, 0.4) is 0 Å². The Morgan fingerprint density at radius 3 is 3.00 bits per heavy atom. The lowest BCUT2D eigenvalue weighted by atomic mass is 9.96. The average Bonchev–Trinajstić information content (AvgIpc) is 2.43. The molecular weight excluding hydrogens is 262 g/mol. The van der Waals surface area contributed by atoms with Gasteiger partial charge in [-0.1, -0.05) is 23.7 Å². The zero-order chi connectivity index (χ0) is 13.5. The molecule has 0 aliphatic carbocycles. The highest BCUT2D eigenvalue weighted by Crippen LogP contribution is 2.20. The monoisotopic (exact) mass is 281 g/mol. The predicted octanol–water partition coefficient (Wildman–Crippen LogP) is 2.85. The zero-order valence-corrected chi connectivity index (χ0v) is 11.7. The van der Waals surface area contributed by atoms with E-state index in [1.807, 2.05) is 12.1 Å². The topological polar surface area (TPSA) is 53.2 Å². The molecule has 0 bridgehead atoms. The lowest BCUT2D eigenvalue weighted by Crippen LogP contribution is -2.34. The first kappa shape index (κ1) is 14.2. The minimum absolute atomic E-state index is 0.197. The van der Waals surface area contributed by atoms with E-state index < -0.39 is 0 Å². The van der Waals surface area contributed by atoms with Crippen LogP contribution in [0.2, 0.25) is 5.02 Å². The number of benzene rings is 1. The summed E-state index contributed by atoms with van der Waals surface area (Å²) in [5.74, 6) is 0.675. The number of anilines is 1. The molecule has 1 aromatic carbocycles. The summed E-state index contributed by atoms with van der Waals surface area (Å²) >= 11 is 5.97. The Morgan fingerprint density at radius 1 is 1.42 bits per heavy atom. The molecule has 0 radical (unpaired) electrons. The van der Waals surface area contributed by atoms with Gasteiger partial charge in [-0.15, -0.1) is 0 Å². The highest BCUT2D eigenvalue weighted by molar-refractivity contribution is 6.33. The molecule has 1 atom stereocenters. The quantitative estimate of drug-likeness (QED) is 0.795. The number of piperidine rings is 1. The van der Waals surface area contributed by atoms with Crippen molar-refractivity contribution in [2.24, 2.45) is 5.92 Å². The number of halogens is 1. The molecule has 4 nitrogen and oxygen atoms in total. The van der Waals surface area contributed by atoms with Gasteiger partial charge in [0.2, 0.25) is 0 Å². The first-order chi connectivity index (χ1) is 9.25. The van der Waals surface area contributed by atoms with Crippen molar-refractivity contribution < 1.29 is 4.79 Å². The van der Waals surface area contributed by atoms with Gasteiger partial charge in [-0.25, -0.2) is 4.79 Å². The molecule has 2 amide bonds. The Balaban J connectivity index is 1.68. The minimum atomic E-state index is -0.197. The normalized spacial score (nSPS) is 18.9. The van der Waals surface area contributed by atoms with Crippen LogP contribution in [0.4, 0.5) is 10.5 Å². The number of urea groups is 1. The minimum Gasteiger partial charge on any atom is -0.338 e. The molecule has 2 rings (SSSR count). The van der Waals surface area contributed by atoms with E-state index in [9.17, 15) is 4.79 Å². The highest BCUT2D eigenvalue weighted by Gasteiger charge is 2.12. The van der Waals surface area contributed by atoms with Gasteiger partial charge in [0.15, 0.2) is 0 Å². The first-order valence-electron chi connectivity index (χ1n) is 6.76. The third kappa shape index (κ3) is 4.73. The van der Waals surface area contributed by atoms with E-state index in [4.69, 9.17) is 11.6 Å². The van der Waals surface area contributed by atoms with Crippen molar-refractivity contribution in [3.63, 3.8) is 0 Å². The maximum atomic E-state index is 11.7. The molecule has 1 heterocycles. The van der Waals surface area contributed by atoms with E-state index in [2.05, 4.69) is 16.0 Å². The van der Waals surface area contributed by atoms with Crippen LogP contribution < -0.4 is 16.0 Å². The number of amides is 2. The number of hydrogen-bond acceptors (Lipinski definition) is 2. The highest BCUT2D eigenvalue weighted by atomic mass is 35.5. The summed E-state index contributed by atoms with van der Waals surface area (Å²) in [5.41, 5.74) is 0.640. The van der Waals surface area contributed by atoms with Crippen LogP contribution in [-0.2, 0) is 0 Å². The van der Waals surface area contributed by atoms with Crippen molar-refractivity contribution in [3.8, 4) is 0 Å². The van der Waals surface area contributed by atoms with Gasteiger partial charge in [-0.05, 0) is 50.4 Å². The van der Waals surface area contributed by atoms with Crippen LogP contribution in [0.25, 0.3) is 0 Å². The molecule has 0 spiro atoms. The third-order valence-corrected chi connectivity index (χ3v) is 3.69. The van der Waals surface area contributed by atoms with E-state index in [1.165, 1.54) is 12.8 Å². The standard InChI is InChI=1S/C14H20ClN3O/c15-12-5-1-2-6-13(12)18-14(19)17-9-7-11-4-3-8-16-10-11/h1-2,5-6,11,16H,3-4,7-10H2,(H2,17,18,19). The molecule has 1 aliphatic rings. The van der Waals surface area contributed by atoms with Crippen molar-refractivity contribution in [1.29, 1.82) is 0 Å². The van der Waals surface area contributed by atoms with Crippen LogP contribution in [0.15, 0.2) is 24.3 Å². The fraction of sp³-hybridized carbons (Fsp3) is 0.500. The summed E-state index contributed by atoms with van der Waals surface area (Å²) in [4.78, 5) is 11.7. The second-order valence-corrected chi connectivity index (χ2v) is 5.27. The first-order valence-corrected chi connectivity index (χ1v) is 7.13. The molecule has 1 saturated heterocycles. The Labute approximate surface area is 118 Å². The van der Waals surface area contributed by atoms with Gasteiger partial charge in [-0.2, -0.15) is 0 Å². The molecule has 5 heteroatoms. The van der Waals surface area contributed by atoms with E-state index in [-0.39, 0.29) is 6.03 Å². The van der Waals surface area contributed by atoms with Crippen LogP contribution >= 0.6 is 11.6 Å². The number of carbonyl (C=O) groups is 1. The van der Waals surface area contributed by atoms with Crippen molar-refractivity contribution in [3.05, 3.63) is 29.3 Å². The van der Waals surface area contributed by atoms with Gasteiger partial charge in [0.1, 0.15) is 0 Å². The largest absolute Gasteiger partial charge is 0.338 e. The van der Waals surface area contributed by atoms with Gasteiger partial charge < -0.3 is 16.0 Å². The summed E-state index contributed by atoms with van der Waals surface area (Å²) in [6, 6.07) is 7.02. The fourth-order valence-electron chi connectivity index (χ4n) is 2.29. The lowest BCUT2D eigenvalue weighted by Gasteiger charge is -2.22. The zero-order valence-electron chi connectivity index (χ0n) is 10.9. The summed E-state index contributed by atoms with van der Waals surface area (Å²) in [6.07, 6.45) is 3.50. The molecule has 0 aromatic heterocycles. The third-order valence-electron chi connectivity index (χ3n) is 3.36. The van der Waals surface area contributed by atoms with Gasteiger partial charge >= 0.3 is 6.03 Å². The van der Waals surface area contributed by atoms with Gasteiger partial charge in [0, 0.05) is 6.54 Å². The predicted molar refractivity (Wildman–Crippen MR) is 78.7 cm³/mol. The van der Waals surface area contributed by atoms with Crippen molar-refractivity contribution in [2.45, 2.75) is 19.3 Å². The van der Waals surface area contributed by atoms with Crippen LogP contribution in [0.5, 0.6) is 0 Å². The average molecular weight is 282 g/mol. The van der Waals surface area contributed by atoms with E-state index in [0.717, 1.165) is 19.5 Å². The molecule has 19 heavy (non-hydrogen) atoms. The van der Waals surface area contributed by atoms with Crippen molar-refractivity contribution in [1.82, 2.24) is 10.6 Å². The summed E-state index contributed by atoms with van der Waals surface area (Å²) < 4.78 is 0. The molecule has 1 aromatic rings. The lowest BCUT2D eigenvalue weighted by molar-refractivity contribution is 0.250. The number of hydrogen-bond donors (Lipinski definition) is 3. The van der Waals surface area contributed by atoms with Crippen molar-refractivity contribution >= 4 is 23.3 Å². The number of para-hydroxylation sites is 1. The molecule has 104 valence electrons. The van der Waals surface area contributed by atoms with Crippen LogP contribution in [-0.4, -0.2) is 25.7 Å². The Kier molecular flexibility index (Phi) is 5.48. The van der Waals surface area contributed by atoms with E-state index in [0.29, 0.717) is 23.2 Å².